The molecule has 3 aromatic rings. The predicted octanol–water partition coefficient (Wildman–Crippen LogP) is 5.51. The monoisotopic (exact) mass is 372 g/mol. The highest BCUT2D eigenvalue weighted by Crippen LogP contribution is 2.58. The molecule has 1 saturated heterocycles. The van der Waals surface area contributed by atoms with Gasteiger partial charge in [-0.2, -0.15) is 0 Å². The van der Waals surface area contributed by atoms with Gasteiger partial charge in [0, 0.05) is 23.0 Å². The van der Waals surface area contributed by atoms with Crippen molar-refractivity contribution in [3.63, 3.8) is 0 Å². The summed E-state index contributed by atoms with van der Waals surface area (Å²) in [4.78, 5) is 20.2. The maximum absolute atomic E-state index is 13.5. The summed E-state index contributed by atoms with van der Waals surface area (Å²) in [5.74, 6) is 0.160. The number of nitrogens with zero attached hydrogens (tertiary/aromatic N) is 2. The molecule has 4 heteroatoms. The zero-order valence-corrected chi connectivity index (χ0v) is 16.4. The first-order chi connectivity index (χ1) is 13.0. The average Bonchev–Trinajstić information content (AvgIpc) is 2.95. The van der Waals surface area contributed by atoms with Gasteiger partial charge in [-0.05, 0) is 67.3 Å². The number of fused-ring (bicyclic) bond motifs is 7. The Bertz CT molecular complexity index is 1080. The minimum Gasteiger partial charge on any atom is -0.294 e. The van der Waals surface area contributed by atoms with Gasteiger partial charge in [-0.25, -0.2) is 0 Å². The van der Waals surface area contributed by atoms with E-state index in [0.29, 0.717) is 0 Å². The molecule has 0 radical (unpaired) electrons. The van der Waals surface area contributed by atoms with Crippen molar-refractivity contribution in [3.05, 3.63) is 82.5 Å². The van der Waals surface area contributed by atoms with Gasteiger partial charge in [0.25, 0.3) is 0 Å². The standard InChI is InChI=1S/C23H20N2OS/c1-13-9-19-20(24-12-13)17-10-14(2)15(3)11-18(17)21-22(26)25(23(19)27-21)16-7-5-4-6-8-16/h4-12,21,23H,1-3H3. The first-order valence-electron chi connectivity index (χ1n) is 9.16. The maximum Gasteiger partial charge on any atom is 0.245 e. The van der Waals surface area contributed by atoms with Crippen molar-refractivity contribution in [2.24, 2.45) is 0 Å². The van der Waals surface area contributed by atoms with Gasteiger partial charge >= 0.3 is 0 Å². The molecular formula is C23H20N2OS. The summed E-state index contributed by atoms with van der Waals surface area (Å²) >= 11 is 1.73. The lowest BCUT2D eigenvalue weighted by molar-refractivity contribution is -0.117. The van der Waals surface area contributed by atoms with Crippen LogP contribution in [0.1, 0.15) is 38.4 Å². The molecule has 3 heterocycles. The molecule has 1 fully saturated rings. The molecule has 0 spiro atoms. The fraction of sp³-hybridized carbons (Fsp3) is 0.217. The molecule has 5 rings (SSSR count). The lowest BCUT2D eigenvalue weighted by Gasteiger charge is -2.27. The number of amides is 1. The summed E-state index contributed by atoms with van der Waals surface area (Å²) in [6.07, 6.45) is 1.93. The lowest BCUT2D eigenvalue weighted by atomic mass is 9.91. The van der Waals surface area contributed by atoms with Crippen molar-refractivity contribution >= 4 is 23.4 Å². The SMILES string of the molecule is Cc1cnc2c(c1)C1SC(C(=O)N1c1ccccc1)c1cc(C)c(C)cc1-2. The summed E-state index contributed by atoms with van der Waals surface area (Å²) in [6, 6.07) is 16.6. The van der Waals surface area contributed by atoms with Crippen LogP contribution >= 0.6 is 11.8 Å². The number of para-hydroxylation sites is 1. The Hall–Kier alpha value is -2.59. The Morgan fingerprint density at radius 1 is 0.963 bits per heavy atom. The van der Waals surface area contributed by atoms with E-state index in [1.807, 2.05) is 41.4 Å². The van der Waals surface area contributed by atoms with E-state index in [4.69, 9.17) is 4.98 Å². The van der Waals surface area contributed by atoms with Gasteiger partial charge in [0.15, 0.2) is 0 Å². The fourth-order valence-corrected chi connectivity index (χ4v) is 5.53. The van der Waals surface area contributed by atoms with Crippen LogP contribution in [0.5, 0.6) is 0 Å². The molecule has 0 aliphatic carbocycles. The van der Waals surface area contributed by atoms with E-state index in [1.54, 1.807) is 11.8 Å². The number of anilines is 1. The molecule has 2 aliphatic heterocycles. The van der Waals surface area contributed by atoms with Crippen LogP contribution in [0.15, 0.2) is 54.7 Å². The fourth-order valence-electron chi connectivity index (χ4n) is 4.03. The Labute approximate surface area is 163 Å². The normalized spacial score (nSPS) is 20.3. The van der Waals surface area contributed by atoms with Crippen molar-refractivity contribution in [2.75, 3.05) is 4.90 Å². The van der Waals surface area contributed by atoms with Gasteiger partial charge in [-0.1, -0.05) is 24.3 Å². The van der Waals surface area contributed by atoms with E-state index < -0.39 is 0 Å². The highest BCUT2D eigenvalue weighted by atomic mass is 32.2. The van der Waals surface area contributed by atoms with E-state index in [2.05, 4.69) is 39.0 Å². The zero-order valence-electron chi connectivity index (χ0n) is 15.6. The minimum absolute atomic E-state index is 0.0553. The van der Waals surface area contributed by atoms with Crippen LogP contribution in [0, 0.1) is 20.8 Å². The van der Waals surface area contributed by atoms with Crippen LogP contribution < -0.4 is 4.90 Å². The molecule has 2 bridgehead atoms. The molecule has 0 saturated carbocycles. The summed E-state index contributed by atoms with van der Waals surface area (Å²) < 4.78 is 0. The molecule has 3 nitrogen and oxygen atoms in total. The number of hydrogen-bond donors (Lipinski definition) is 0. The van der Waals surface area contributed by atoms with Crippen molar-refractivity contribution in [3.8, 4) is 11.3 Å². The largest absolute Gasteiger partial charge is 0.294 e. The van der Waals surface area contributed by atoms with E-state index in [-0.39, 0.29) is 16.5 Å². The van der Waals surface area contributed by atoms with Crippen LogP contribution in [-0.2, 0) is 4.79 Å². The molecule has 1 amide bonds. The maximum atomic E-state index is 13.5. The average molecular weight is 372 g/mol. The van der Waals surface area contributed by atoms with Crippen LogP contribution in [0.4, 0.5) is 5.69 Å². The summed E-state index contributed by atoms with van der Waals surface area (Å²) in [5.41, 5.74) is 8.84. The summed E-state index contributed by atoms with van der Waals surface area (Å²) in [7, 11) is 0. The molecule has 2 unspecified atom stereocenters. The van der Waals surface area contributed by atoms with Gasteiger partial charge < -0.3 is 0 Å². The van der Waals surface area contributed by atoms with Crippen molar-refractivity contribution in [1.82, 2.24) is 4.98 Å². The third-order valence-corrected chi connectivity index (χ3v) is 6.97. The highest BCUT2D eigenvalue weighted by molar-refractivity contribution is 8.01. The molecule has 2 aromatic carbocycles. The molecule has 0 N–H and O–H groups in total. The number of carbonyl (C=O) groups excluding carboxylic acids is 1. The smallest absolute Gasteiger partial charge is 0.245 e. The number of benzene rings is 2. The van der Waals surface area contributed by atoms with Crippen LogP contribution in [0.25, 0.3) is 11.3 Å². The Kier molecular flexibility index (Phi) is 3.66. The Morgan fingerprint density at radius 3 is 2.48 bits per heavy atom. The van der Waals surface area contributed by atoms with E-state index >= 15 is 0 Å². The number of aryl methyl sites for hydroxylation is 3. The second-order valence-corrected chi connectivity index (χ2v) is 8.58. The zero-order chi connectivity index (χ0) is 18.7. The van der Waals surface area contributed by atoms with Crippen LogP contribution in [0.3, 0.4) is 0 Å². The van der Waals surface area contributed by atoms with Crippen molar-refractivity contribution in [1.29, 1.82) is 0 Å². The minimum atomic E-state index is -0.195. The lowest BCUT2D eigenvalue weighted by Crippen LogP contribution is -2.30. The third kappa shape index (κ3) is 2.43. The number of rotatable bonds is 1. The number of aromatic nitrogens is 1. The van der Waals surface area contributed by atoms with Gasteiger partial charge in [-0.15, -0.1) is 11.8 Å². The van der Waals surface area contributed by atoms with E-state index in [0.717, 1.165) is 33.6 Å². The topological polar surface area (TPSA) is 33.2 Å². The quantitative estimate of drug-likeness (QED) is 0.565. The first-order valence-corrected chi connectivity index (χ1v) is 10.1. The molecule has 2 atom stereocenters. The molecule has 1 aromatic heterocycles. The molecule has 27 heavy (non-hydrogen) atoms. The summed E-state index contributed by atoms with van der Waals surface area (Å²) in [5, 5.41) is -0.251. The Morgan fingerprint density at radius 2 is 1.70 bits per heavy atom. The number of carbonyl (C=O) groups is 1. The van der Waals surface area contributed by atoms with Gasteiger partial charge in [0.05, 0.1) is 5.69 Å². The van der Waals surface area contributed by atoms with E-state index in [9.17, 15) is 4.79 Å². The van der Waals surface area contributed by atoms with Gasteiger partial charge in [-0.3, -0.25) is 14.7 Å². The molecule has 134 valence electrons. The van der Waals surface area contributed by atoms with Crippen molar-refractivity contribution < 1.29 is 4.79 Å². The predicted molar refractivity (Wildman–Crippen MR) is 111 cm³/mol. The number of thioether (sulfide) groups is 1. The molecular weight excluding hydrogens is 352 g/mol. The van der Waals surface area contributed by atoms with Gasteiger partial charge in [0.2, 0.25) is 5.91 Å². The van der Waals surface area contributed by atoms with E-state index in [1.165, 1.54) is 11.1 Å². The number of hydrogen-bond acceptors (Lipinski definition) is 3. The highest BCUT2D eigenvalue weighted by Gasteiger charge is 2.47. The third-order valence-electron chi connectivity index (χ3n) is 5.52. The molecule has 2 aliphatic rings. The van der Waals surface area contributed by atoms with Gasteiger partial charge in [0.1, 0.15) is 10.6 Å². The Balaban J connectivity index is 1.80. The van der Waals surface area contributed by atoms with Crippen LogP contribution in [-0.4, -0.2) is 10.9 Å². The second-order valence-electron chi connectivity index (χ2n) is 7.39. The summed E-state index contributed by atoms with van der Waals surface area (Å²) in [6.45, 7) is 6.30. The van der Waals surface area contributed by atoms with Crippen molar-refractivity contribution in [2.45, 2.75) is 31.4 Å². The number of pyridine rings is 1. The first kappa shape index (κ1) is 16.6. The second kappa shape index (κ2) is 5.96. The van der Waals surface area contributed by atoms with Crippen LogP contribution in [0.2, 0.25) is 0 Å².